The molecule has 2 amide bonds. The highest BCUT2D eigenvalue weighted by Gasteiger charge is 2.32. The van der Waals surface area contributed by atoms with E-state index in [1.165, 1.54) is 0 Å². The number of furan rings is 1. The van der Waals surface area contributed by atoms with Gasteiger partial charge in [0, 0.05) is 25.6 Å². The fourth-order valence-electron chi connectivity index (χ4n) is 3.73. The first-order valence-corrected chi connectivity index (χ1v) is 10.2. The molecule has 2 heterocycles. The average molecular weight is 376 g/mol. The van der Waals surface area contributed by atoms with Crippen LogP contribution < -0.4 is 0 Å². The van der Waals surface area contributed by atoms with E-state index >= 15 is 0 Å². The van der Waals surface area contributed by atoms with Gasteiger partial charge < -0.3 is 19.0 Å². The maximum absolute atomic E-state index is 13.1. The molecule has 1 aliphatic carbocycles. The van der Waals surface area contributed by atoms with Gasteiger partial charge in [-0.2, -0.15) is 0 Å². The van der Waals surface area contributed by atoms with Gasteiger partial charge in [0.15, 0.2) is 0 Å². The molecule has 0 unspecified atom stereocenters. The summed E-state index contributed by atoms with van der Waals surface area (Å²) in [5.41, 5.74) is 0. The number of hydrogen-bond acceptors (Lipinski definition) is 4. The van der Waals surface area contributed by atoms with Gasteiger partial charge in [0.1, 0.15) is 5.76 Å². The Labute approximate surface area is 161 Å². The van der Waals surface area contributed by atoms with E-state index in [4.69, 9.17) is 9.15 Å². The molecule has 0 spiro atoms. The van der Waals surface area contributed by atoms with Gasteiger partial charge in [0.05, 0.1) is 25.5 Å². The summed E-state index contributed by atoms with van der Waals surface area (Å²) in [6.07, 6.45) is 6.72. The van der Waals surface area contributed by atoms with Crippen molar-refractivity contribution in [3.8, 4) is 0 Å². The van der Waals surface area contributed by atoms with Gasteiger partial charge in [0.2, 0.25) is 11.8 Å². The highest BCUT2D eigenvalue weighted by atomic mass is 16.5. The zero-order valence-corrected chi connectivity index (χ0v) is 16.6. The minimum atomic E-state index is -0.0322. The lowest BCUT2D eigenvalue weighted by Gasteiger charge is -2.34. The van der Waals surface area contributed by atoms with Crippen LogP contribution in [0.25, 0.3) is 0 Å². The van der Waals surface area contributed by atoms with Gasteiger partial charge in [-0.1, -0.05) is 20.3 Å². The Morgan fingerprint density at radius 2 is 2.00 bits per heavy atom. The number of ether oxygens (including phenoxy) is 1. The quantitative estimate of drug-likeness (QED) is 0.664. The van der Waals surface area contributed by atoms with Crippen LogP contribution >= 0.6 is 0 Å². The smallest absolute Gasteiger partial charge is 0.242 e. The van der Waals surface area contributed by atoms with Gasteiger partial charge in [0.25, 0.3) is 0 Å². The van der Waals surface area contributed by atoms with Crippen LogP contribution in [-0.4, -0.2) is 54.0 Å². The number of rotatable bonds is 9. The molecule has 3 rings (SSSR count). The van der Waals surface area contributed by atoms with E-state index in [1.54, 1.807) is 16.1 Å². The Bertz CT molecular complexity index is 604. The van der Waals surface area contributed by atoms with Gasteiger partial charge >= 0.3 is 0 Å². The number of carbonyl (C=O) groups excluding carboxylic acids is 2. The van der Waals surface area contributed by atoms with Crippen LogP contribution in [0.2, 0.25) is 0 Å². The predicted molar refractivity (Wildman–Crippen MR) is 102 cm³/mol. The third kappa shape index (κ3) is 5.58. The predicted octanol–water partition coefficient (Wildman–Crippen LogP) is 3.07. The average Bonchev–Trinajstić information content (AvgIpc) is 3.25. The molecular formula is C21H32N2O4. The molecule has 0 aromatic carbocycles. The molecule has 27 heavy (non-hydrogen) atoms. The standard InChI is InChI=1S/C21H32N2O4/c1-16(2)12-23(21(25)17-6-3-7-17)15-20(24)22(13-18-8-4-10-26-18)14-19-9-5-11-27-19/h4,8,10,16-17,19H,3,5-7,9,11-15H2,1-2H3/t19-/m0/s1. The molecule has 1 aromatic heterocycles. The lowest BCUT2D eigenvalue weighted by atomic mass is 9.84. The molecule has 6 nitrogen and oxygen atoms in total. The van der Waals surface area contributed by atoms with E-state index in [0.29, 0.717) is 25.6 Å². The Hall–Kier alpha value is -1.82. The van der Waals surface area contributed by atoms with Gasteiger partial charge in [-0.15, -0.1) is 0 Å². The summed E-state index contributed by atoms with van der Waals surface area (Å²) in [6.45, 7) is 6.64. The first kappa shape index (κ1) is 19.9. The van der Waals surface area contributed by atoms with Crippen molar-refractivity contribution in [1.29, 1.82) is 0 Å². The van der Waals surface area contributed by atoms with Crippen LogP contribution in [0.15, 0.2) is 22.8 Å². The summed E-state index contributed by atoms with van der Waals surface area (Å²) in [7, 11) is 0. The normalized spacial score (nSPS) is 19.9. The Morgan fingerprint density at radius 1 is 1.19 bits per heavy atom. The van der Waals surface area contributed by atoms with Crippen LogP contribution in [0.5, 0.6) is 0 Å². The first-order chi connectivity index (χ1) is 13.0. The van der Waals surface area contributed by atoms with Crippen molar-refractivity contribution in [2.75, 3.05) is 26.2 Å². The van der Waals surface area contributed by atoms with Crippen LogP contribution in [0.4, 0.5) is 0 Å². The summed E-state index contributed by atoms with van der Waals surface area (Å²) < 4.78 is 11.2. The maximum atomic E-state index is 13.1. The van der Waals surface area contributed by atoms with E-state index in [-0.39, 0.29) is 30.4 Å². The molecule has 1 aliphatic heterocycles. The zero-order chi connectivity index (χ0) is 19.2. The zero-order valence-electron chi connectivity index (χ0n) is 16.6. The molecule has 0 radical (unpaired) electrons. The summed E-state index contributed by atoms with van der Waals surface area (Å²) in [5.74, 6) is 1.29. The van der Waals surface area contributed by atoms with E-state index < -0.39 is 0 Å². The summed E-state index contributed by atoms with van der Waals surface area (Å²) in [6, 6.07) is 3.70. The van der Waals surface area contributed by atoms with E-state index in [2.05, 4.69) is 13.8 Å². The molecule has 2 fully saturated rings. The Balaban J connectivity index is 1.66. The van der Waals surface area contributed by atoms with Crippen molar-refractivity contribution in [3.63, 3.8) is 0 Å². The lowest BCUT2D eigenvalue weighted by Crippen LogP contribution is -2.48. The second-order valence-corrected chi connectivity index (χ2v) is 8.23. The van der Waals surface area contributed by atoms with Gasteiger partial charge in [-0.3, -0.25) is 9.59 Å². The molecule has 1 saturated heterocycles. The molecule has 1 aromatic rings. The van der Waals surface area contributed by atoms with E-state index in [1.807, 2.05) is 12.1 Å². The number of nitrogens with zero attached hydrogens (tertiary/aromatic N) is 2. The van der Waals surface area contributed by atoms with Crippen LogP contribution in [0.1, 0.15) is 51.7 Å². The molecule has 0 N–H and O–H groups in total. The summed E-state index contributed by atoms with van der Waals surface area (Å²) in [5, 5.41) is 0. The topological polar surface area (TPSA) is 63.0 Å². The fraction of sp³-hybridized carbons (Fsp3) is 0.714. The van der Waals surface area contributed by atoms with Crippen molar-refractivity contribution in [2.24, 2.45) is 11.8 Å². The lowest BCUT2D eigenvalue weighted by molar-refractivity contribution is -0.146. The number of amides is 2. The SMILES string of the molecule is CC(C)CN(CC(=O)N(Cc1ccco1)C[C@@H]1CCCO1)C(=O)C1CCC1. The van der Waals surface area contributed by atoms with Crippen molar-refractivity contribution in [1.82, 2.24) is 9.80 Å². The molecular weight excluding hydrogens is 344 g/mol. The minimum Gasteiger partial charge on any atom is -0.467 e. The Kier molecular flexibility index (Phi) is 6.94. The summed E-state index contributed by atoms with van der Waals surface area (Å²) in [4.78, 5) is 29.5. The second-order valence-electron chi connectivity index (χ2n) is 8.23. The molecule has 0 bridgehead atoms. The molecule has 1 saturated carbocycles. The van der Waals surface area contributed by atoms with Gasteiger partial charge in [-0.25, -0.2) is 0 Å². The van der Waals surface area contributed by atoms with Crippen LogP contribution in [-0.2, 0) is 20.9 Å². The van der Waals surface area contributed by atoms with Crippen LogP contribution in [0.3, 0.4) is 0 Å². The second kappa shape index (κ2) is 9.40. The first-order valence-electron chi connectivity index (χ1n) is 10.2. The highest BCUT2D eigenvalue weighted by molar-refractivity contribution is 5.86. The molecule has 6 heteroatoms. The Morgan fingerprint density at radius 3 is 2.56 bits per heavy atom. The monoisotopic (exact) mass is 376 g/mol. The number of carbonyl (C=O) groups is 2. The molecule has 150 valence electrons. The summed E-state index contributed by atoms with van der Waals surface area (Å²) >= 11 is 0. The van der Waals surface area contributed by atoms with E-state index in [9.17, 15) is 9.59 Å². The largest absolute Gasteiger partial charge is 0.467 e. The third-order valence-electron chi connectivity index (χ3n) is 5.41. The highest BCUT2D eigenvalue weighted by Crippen LogP contribution is 2.28. The van der Waals surface area contributed by atoms with Crippen LogP contribution in [0, 0.1) is 11.8 Å². The minimum absolute atomic E-state index is 0.0322. The number of hydrogen-bond donors (Lipinski definition) is 0. The molecule has 2 aliphatic rings. The van der Waals surface area contributed by atoms with Crippen molar-refractivity contribution in [2.45, 2.75) is 58.6 Å². The third-order valence-corrected chi connectivity index (χ3v) is 5.41. The van der Waals surface area contributed by atoms with E-state index in [0.717, 1.165) is 44.5 Å². The van der Waals surface area contributed by atoms with Crippen molar-refractivity contribution >= 4 is 11.8 Å². The van der Waals surface area contributed by atoms with Gasteiger partial charge in [-0.05, 0) is 43.7 Å². The molecule has 1 atom stereocenters. The maximum Gasteiger partial charge on any atom is 0.242 e. The van der Waals surface area contributed by atoms with Crippen molar-refractivity contribution < 1.29 is 18.7 Å². The fourth-order valence-corrected chi connectivity index (χ4v) is 3.73. The van der Waals surface area contributed by atoms with Crippen molar-refractivity contribution in [3.05, 3.63) is 24.2 Å².